The Kier molecular flexibility index (Phi) is 5.07. The van der Waals surface area contributed by atoms with Crippen LogP contribution in [0.5, 0.6) is 5.75 Å². The molecule has 2 aromatic carbocycles. The Morgan fingerprint density at radius 1 is 1.33 bits per heavy atom. The van der Waals surface area contributed by atoms with Gasteiger partial charge in [0.05, 0.1) is 23.5 Å². The molecule has 1 aliphatic rings. The molecule has 4 rings (SSSR count). The zero-order valence-electron chi connectivity index (χ0n) is 15.3. The Bertz CT molecular complexity index is 931. The molecule has 0 bridgehead atoms. The first-order valence-corrected chi connectivity index (χ1v) is 9.27. The van der Waals surface area contributed by atoms with Crippen LogP contribution in [0.25, 0.3) is 11.0 Å². The molecule has 6 heteroatoms. The number of nitrogens with zero attached hydrogens (tertiary/aromatic N) is 2. The van der Waals surface area contributed by atoms with E-state index in [0.717, 1.165) is 36.2 Å². The number of aromatic nitrogens is 2. The van der Waals surface area contributed by atoms with Crippen LogP contribution >= 0.6 is 0 Å². The maximum atomic E-state index is 12.7. The van der Waals surface area contributed by atoms with E-state index in [1.54, 1.807) is 6.33 Å². The predicted octanol–water partition coefficient (Wildman–Crippen LogP) is 3.79. The highest BCUT2D eigenvalue weighted by molar-refractivity contribution is 5.94. The van der Waals surface area contributed by atoms with Crippen LogP contribution in [0.3, 0.4) is 0 Å². The van der Waals surface area contributed by atoms with Crippen LogP contribution in [0.15, 0.2) is 54.9 Å². The third-order valence-corrected chi connectivity index (χ3v) is 4.84. The Morgan fingerprint density at radius 3 is 3.07 bits per heavy atom. The number of hydrogen-bond donors (Lipinski definition) is 1. The van der Waals surface area contributed by atoms with Crippen molar-refractivity contribution in [1.29, 1.82) is 0 Å². The average molecular weight is 365 g/mol. The normalized spacial score (nSPS) is 17.7. The first-order valence-electron chi connectivity index (χ1n) is 9.27. The maximum absolute atomic E-state index is 12.7. The van der Waals surface area contributed by atoms with Gasteiger partial charge in [0.15, 0.2) is 0 Å². The minimum atomic E-state index is -0.381. The molecule has 0 aliphatic carbocycles. The molecule has 1 aliphatic heterocycles. The van der Waals surface area contributed by atoms with Gasteiger partial charge in [-0.25, -0.2) is 4.98 Å². The minimum Gasteiger partial charge on any atom is -0.491 e. The van der Waals surface area contributed by atoms with Gasteiger partial charge in [-0.2, -0.15) is 0 Å². The van der Waals surface area contributed by atoms with E-state index in [-0.39, 0.29) is 18.1 Å². The summed E-state index contributed by atoms with van der Waals surface area (Å²) >= 11 is 0. The lowest BCUT2D eigenvalue weighted by molar-refractivity contribution is -0.118. The molecule has 1 saturated heterocycles. The van der Waals surface area contributed by atoms with E-state index >= 15 is 0 Å². The molecule has 27 heavy (non-hydrogen) atoms. The summed E-state index contributed by atoms with van der Waals surface area (Å²) in [6.45, 7) is 3.21. The smallest absolute Gasteiger partial charge is 0.247 e. The van der Waals surface area contributed by atoms with E-state index in [0.29, 0.717) is 12.3 Å². The van der Waals surface area contributed by atoms with Gasteiger partial charge in [0.1, 0.15) is 18.4 Å². The number of fused-ring (bicyclic) bond motifs is 1. The summed E-state index contributed by atoms with van der Waals surface area (Å²) in [6, 6.07) is 14.9. The lowest BCUT2D eigenvalue weighted by Crippen LogP contribution is -2.23. The van der Waals surface area contributed by atoms with Crippen molar-refractivity contribution in [3.8, 4) is 5.75 Å². The molecule has 1 amide bonds. The third-order valence-electron chi connectivity index (χ3n) is 4.84. The lowest BCUT2D eigenvalue weighted by atomic mass is 10.2. The number of nitrogens with one attached hydrogen (secondary N) is 1. The van der Waals surface area contributed by atoms with Gasteiger partial charge in [-0.1, -0.05) is 18.2 Å². The quantitative estimate of drug-likeness (QED) is 0.722. The molecule has 6 nitrogen and oxygen atoms in total. The fraction of sp³-hybridized carbons (Fsp3) is 0.333. The van der Waals surface area contributed by atoms with Crippen LogP contribution in [0.4, 0.5) is 5.69 Å². The number of para-hydroxylation sites is 2. The van der Waals surface area contributed by atoms with Crippen molar-refractivity contribution < 1.29 is 14.3 Å². The molecule has 0 spiro atoms. The lowest BCUT2D eigenvalue weighted by Gasteiger charge is -2.16. The molecule has 2 atom stereocenters. The highest BCUT2D eigenvalue weighted by Crippen LogP contribution is 2.22. The second-order valence-electron chi connectivity index (χ2n) is 6.78. The van der Waals surface area contributed by atoms with Crippen LogP contribution in [0.2, 0.25) is 0 Å². The predicted molar refractivity (Wildman–Crippen MR) is 104 cm³/mol. The van der Waals surface area contributed by atoms with E-state index in [1.165, 1.54) is 0 Å². The Hall–Kier alpha value is -2.86. The Labute approximate surface area is 158 Å². The maximum Gasteiger partial charge on any atom is 0.247 e. The number of hydrogen-bond acceptors (Lipinski definition) is 4. The van der Waals surface area contributed by atoms with Gasteiger partial charge in [0.2, 0.25) is 5.91 Å². The standard InChI is InChI=1S/C21H23N3O3/c1-15(24-14-22-19-9-2-3-10-20(19)24)21(25)23-16-6-4-7-17(12-16)27-13-18-8-5-11-26-18/h2-4,6-7,9-10,12,14-15,18H,5,8,11,13H2,1H3,(H,23,25)/t15-,18+/m0/s1. The Morgan fingerprint density at radius 2 is 2.22 bits per heavy atom. The summed E-state index contributed by atoms with van der Waals surface area (Å²) in [5, 5.41) is 2.96. The van der Waals surface area contributed by atoms with E-state index in [1.807, 2.05) is 60.0 Å². The molecule has 140 valence electrons. The molecule has 1 aromatic heterocycles. The van der Waals surface area contributed by atoms with Gasteiger partial charge in [-0.05, 0) is 44.0 Å². The fourth-order valence-corrected chi connectivity index (χ4v) is 3.29. The first-order chi connectivity index (χ1) is 13.2. The number of carbonyl (C=O) groups is 1. The summed E-state index contributed by atoms with van der Waals surface area (Å²) in [5.41, 5.74) is 2.52. The number of amides is 1. The molecule has 0 unspecified atom stereocenters. The van der Waals surface area contributed by atoms with Crippen LogP contribution in [-0.2, 0) is 9.53 Å². The fourth-order valence-electron chi connectivity index (χ4n) is 3.29. The second kappa shape index (κ2) is 7.80. The molecule has 0 saturated carbocycles. The minimum absolute atomic E-state index is 0.102. The third kappa shape index (κ3) is 3.95. The molecular formula is C21H23N3O3. The topological polar surface area (TPSA) is 65.4 Å². The molecule has 1 N–H and O–H groups in total. The number of anilines is 1. The van der Waals surface area contributed by atoms with Crippen molar-refractivity contribution in [2.24, 2.45) is 0 Å². The molecule has 1 fully saturated rings. The summed E-state index contributed by atoms with van der Waals surface area (Å²) in [5.74, 6) is 0.624. The zero-order valence-corrected chi connectivity index (χ0v) is 15.3. The van der Waals surface area contributed by atoms with E-state index in [2.05, 4.69) is 10.3 Å². The number of rotatable bonds is 6. The molecule has 3 aromatic rings. The second-order valence-corrected chi connectivity index (χ2v) is 6.78. The number of benzene rings is 2. The van der Waals surface area contributed by atoms with E-state index < -0.39 is 0 Å². The summed E-state index contributed by atoms with van der Waals surface area (Å²) in [7, 11) is 0. The molecule has 0 radical (unpaired) electrons. The molecular weight excluding hydrogens is 342 g/mol. The van der Waals surface area contributed by atoms with Crippen molar-refractivity contribution in [2.75, 3.05) is 18.5 Å². The number of imidazole rings is 1. The van der Waals surface area contributed by atoms with Crippen molar-refractivity contribution >= 4 is 22.6 Å². The average Bonchev–Trinajstić information content (AvgIpc) is 3.36. The van der Waals surface area contributed by atoms with Gasteiger partial charge in [-0.3, -0.25) is 4.79 Å². The van der Waals surface area contributed by atoms with Gasteiger partial charge >= 0.3 is 0 Å². The van der Waals surface area contributed by atoms with Gasteiger partial charge < -0.3 is 19.4 Å². The number of carbonyl (C=O) groups excluding carboxylic acids is 1. The van der Waals surface area contributed by atoms with Crippen molar-refractivity contribution in [3.63, 3.8) is 0 Å². The SMILES string of the molecule is C[C@@H](C(=O)Nc1cccc(OC[C@H]2CCCO2)c1)n1cnc2ccccc21. The van der Waals surface area contributed by atoms with Crippen molar-refractivity contribution in [1.82, 2.24) is 9.55 Å². The van der Waals surface area contributed by atoms with E-state index in [4.69, 9.17) is 9.47 Å². The van der Waals surface area contributed by atoms with Gasteiger partial charge in [-0.15, -0.1) is 0 Å². The zero-order chi connectivity index (χ0) is 18.6. The number of ether oxygens (including phenoxy) is 2. The highest BCUT2D eigenvalue weighted by Gasteiger charge is 2.18. The largest absolute Gasteiger partial charge is 0.491 e. The van der Waals surface area contributed by atoms with Crippen LogP contribution in [0.1, 0.15) is 25.8 Å². The first kappa shape index (κ1) is 17.5. The van der Waals surface area contributed by atoms with Gasteiger partial charge in [0, 0.05) is 18.4 Å². The van der Waals surface area contributed by atoms with Crippen molar-refractivity contribution in [3.05, 3.63) is 54.9 Å². The van der Waals surface area contributed by atoms with Crippen LogP contribution < -0.4 is 10.1 Å². The highest BCUT2D eigenvalue weighted by atomic mass is 16.5. The van der Waals surface area contributed by atoms with Gasteiger partial charge in [0.25, 0.3) is 0 Å². The summed E-state index contributed by atoms with van der Waals surface area (Å²) in [4.78, 5) is 17.1. The summed E-state index contributed by atoms with van der Waals surface area (Å²) < 4.78 is 13.3. The van der Waals surface area contributed by atoms with Crippen LogP contribution in [0, 0.1) is 0 Å². The Balaban J connectivity index is 1.42. The van der Waals surface area contributed by atoms with Crippen LogP contribution in [-0.4, -0.2) is 34.8 Å². The van der Waals surface area contributed by atoms with E-state index in [9.17, 15) is 4.79 Å². The monoisotopic (exact) mass is 365 g/mol. The molecule has 2 heterocycles. The summed E-state index contributed by atoms with van der Waals surface area (Å²) in [6.07, 6.45) is 3.99. The van der Waals surface area contributed by atoms with Crippen molar-refractivity contribution in [2.45, 2.75) is 31.9 Å².